The van der Waals surface area contributed by atoms with Crippen molar-refractivity contribution in [2.24, 2.45) is 0 Å². The standard InChI is InChI=1S/C24H26N4O4S/c1-30-18-4-5-20-19(10-18)15(8-9-25-20)2-7-23-31-12-17(13-32-23)26-11-16-3-6-21-24(27-16)28-22(29)14-33-21/h3-6,8-10,17,23,26H,2,7,11-14H2,1H3,(H,27,28,29). The second-order valence-corrected chi connectivity index (χ2v) is 9.07. The van der Waals surface area contributed by atoms with Crippen LogP contribution in [0.15, 0.2) is 47.5 Å². The summed E-state index contributed by atoms with van der Waals surface area (Å²) in [4.78, 5) is 21.6. The van der Waals surface area contributed by atoms with Gasteiger partial charge in [-0.25, -0.2) is 4.98 Å². The summed E-state index contributed by atoms with van der Waals surface area (Å²) in [6, 6.07) is 12.1. The second-order valence-electron chi connectivity index (χ2n) is 8.05. The molecule has 33 heavy (non-hydrogen) atoms. The molecule has 4 heterocycles. The molecule has 2 N–H and O–H groups in total. The maximum absolute atomic E-state index is 11.6. The van der Waals surface area contributed by atoms with E-state index in [1.807, 2.05) is 42.6 Å². The van der Waals surface area contributed by atoms with Crippen LogP contribution < -0.4 is 15.4 Å². The number of aryl methyl sites for hydroxylation is 1. The highest BCUT2D eigenvalue weighted by molar-refractivity contribution is 8.00. The lowest BCUT2D eigenvalue weighted by molar-refractivity contribution is -0.192. The number of pyridine rings is 2. The van der Waals surface area contributed by atoms with E-state index < -0.39 is 0 Å². The van der Waals surface area contributed by atoms with E-state index in [0.717, 1.165) is 40.1 Å². The predicted octanol–water partition coefficient (Wildman–Crippen LogP) is 3.15. The fraction of sp³-hybridized carbons (Fsp3) is 0.375. The maximum atomic E-state index is 11.6. The van der Waals surface area contributed by atoms with Gasteiger partial charge in [-0.2, -0.15) is 0 Å². The van der Waals surface area contributed by atoms with Crippen LogP contribution in [0, 0.1) is 0 Å². The first kappa shape index (κ1) is 22.1. The Kier molecular flexibility index (Phi) is 6.73. The number of methoxy groups -OCH3 is 1. The predicted molar refractivity (Wildman–Crippen MR) is 127 cm³/mol. The molecule has 0 bridgehead atoms. The number of amides is 1. The number of nitrogens with one attached hydrogen (secondary N) is 2. The Labute approximate surface area is 196 Å². The van der Waals surface area contributed by atoms with Gasteiger partial charge in [-0.05, 0) is 48.4 Å². The molecule has 172 valence electrons. The van der Waals surface area contributed by atoms with Gasteiger partial charge in [-0.3, -0.25) is 9.78 Å². The number of ether oxygens (including phenoxy) is 3. The Morgan fingerprint density at radius 3 is 2.94 bits per heavy atom. The zero-order chi connectivity index (χ0) is 22.6. The van der Waals surface area contributed by atoms with Crippen molar-refractivity contribution in [2.75, 3.05) is 31.4 Å². The van der Waals surface area contributed by atoms with Crippen molar-refractivity contribution in [2.45, 2.75) is 36.6 Å². The lowest BCUT2D eigenvalue weighted by Crippen LogP contribution is -2.44. The molecule has 1 saturated heterocycles. The highest BCUT2D eigenvalue weighted by Gasteiger charge is 2.23. The average molecular weight is 467 g/mol. The third kappa shape index (κ3) is 5.27. The molecule has 2 aliphatic rings. The molecule has 1 amide bonds. The van der Waals surface area contributed by atoms with Gasteiger partial charge in [-0.15, -0.1) is 11.8 Å². The highest BCUT2D eigenvalue weighted by atomic mass is 32.2. The number of fused-ring (bicyclic) bond motifs is 2. The van der Waals surface area contributed by atoms with E-state index in [9.17, 15) is 4.79 Å². The summed E-state index contributed by atoms with van der Waals surface area (Å²) >= 11 is 1.51. The number of benzene rings is 1. The van der Waals surface area contributed by atoms with Crippen LogP contribution in [0.25, 0.3) is 10.9 Å². The summed E-state index contributed by atoms with van der Waals surface area (Å²) in [6.07, 6.45) is 3.21. The van der Waals surface area contributed by atoms with Crippen LogP contribution >= 0.6 is 11.8 Å². The summed E-state index contributed by atoms with van der Waals surface area (Å²) in [7, 11) is 1.67. The number of nitrogens with zero attached hydrogens (tertiary/aromatic N) is 2. The first-order valence-corrected chi connectivity index (χ1v) is 12.0. The number of hydrogen-bond donors (Lipinski definition) is 2. The van der Waals surface area contributed by atoms with Crippen molar-refractivity contribution in [1.82, 2.24) is 15.3 Å². The Balaban J connectivity index is 1.11. The zero-order valence-electron chi connectivity index (χ0n) is 18.4. The zero-order valence-corrected chi connectivity index (χ0v) is 19.2. The summed E-state index contributed by atoms with van der Waals surface area (Å²) in [5.74, 6) is 1.90. The van der Waals surface area contributed by atoms with Crippen LogP contribution in [-0.2, 0) is 27.2 Å². The normalized spacial score (nSPS) is 20.3. The van der Waals surface area contributed by atoms with E-state index in [1.165, 1.54) is 17.3 Å². The fourth-order valence-electron chi connectivity index (χ4n) is 3.98. The number of aromatic nitrogens is 2. The van der Waals surface area contributed by atoms with Gasteiger partial charge >= 0.3 is 0 Å². The highest BCUT2D eigenvalue weighted by Crippen LogP contribution is 2.29. The minimum Gasteiger partial charge on any atom is -0.497 e. The Morgan fingerprint density at radius 1 is 1.21 bits per heavy atom. The van der Waals surface area contributed by atoms with Gasteiger partial charge in [0.25, 0.3) is 0 Å². The van der Waals surface area contributed by atoms with E-state index in [0.29, 0.717) is 31.3 Å². The molecule has 0 aliphatic carbocycles. The molecule has 0 radical (unpaired) electrons. The van der Waals surface area contributed by atoms with E-state index >= 15 is 0 Å². The molecule has 0 saturated carbocycles. The second kappa shape index (κ2) is 10.0. The number of rotatable bonds is 7. The van der Waals surface area contributed by atoms with Gasteiger partial charge in [0, 0.05) is 24.5 Å². The van der Waals surface area contributed by atoms with Crippen molar-refractivity contribution in [3.63, 3.8) is 0 Å². The molecular weight excluding hydrogens is 440 g/mol. The first-order chi connectivity index (χ1) is 16.2. The third-order valence-electron chi connectivity index (χ3n) is 5.76. The molecule has 0 spiro atoms. The van der Waals surface area contributed by atoms with Crippen molar-refractivity contribution < 1.29 is 19.0 Å². The molecule has 9 heteroatoms. The van der Waals surface area contributed by atoms with Crippen molar-refractivity contribution >= 4 is 34.4 Å². The van der Waals surface area contributed by atoms with Crippen molar-refractivity contribution in [3.05, 3.63) is 53.9 Å². The Bertz CT molecular complexity index is 1150. The van der Waals surface area contributed by atoms with Crippen LogP contribution in [0.1, 0.15) is 17.7 Å². The maximum Gasteiger partial charge on any atom is 0.235 e. The van der Waals surface area contributed by atoms with Crippen LogP contribution in [0.3, 0.4) is 0 Å². The number of carbonyl (C=O) groups excluding carboxylic acids is 1. The lowest BCUT2D eigenvalue weighted by Gasteiger charge is -2.30. The Hall–Kier alpha value is -2.72. The van der Waals surface area contributed by atoms with Crippen LogP contribution in [0.4, 0.5) is 5.82 Å². The van der Waals surface area contributed by atoms with Gasteiger partial charge in [0.2, 0.25) is 5.91 Å². The van der Waals surface area contributed by atoms with Gasteiger partial charge in [0.05, 0.1) is 48.2 Å². The molecule has 3 aromatic rings. The third-order valence-corrected chi connectivity index (χ3v) is 6.81. The number of thioether (sulfide) groups is 1. The van der Waals surface area contributed by atoms with Crippen LogP contribution in [0.2, 0.25) is 0 Å². The van der Waals surface area contributed by atoms with E-state index in [4.69, 9.17) is 14.2 Å². The summed E-state index contributed by atoms with van der Waals surface area (Å²) in [6.45, 7) is 1.74. The average Bonchev–Trinajstić information content (AvgIpc) is 2.86. The minimum atomic E-state index is -0.231. The molecule has 0 atom stereocenters. The summed E-state index contributed by atoms with van der Waals surface area (Å²) in [5.41, 5.74) is 3.03. The summed E-state index contributed by atoms with van der Waals surface area (Å²) < 4.78 is 17.3. The largest absolute Gasteiger partial charge is 0.497 e. The molecule has 2 aliphatic heterocycles. The monoisotopic (exact) mass is 466 g/mol. The molecule has 0 unspecified atom stereocenters. The van der Waals surface area contributed by atoms with Gasteiger partial charge in [0.15, 0.2) is 6.29 Å². The molecule has 1 aromatic carbocycles. The van der Waals surface area contributed by atoms with E-state index in [2.05, 4.69) is 20.6 Å². The summed E-state index contributed by atoms with van der Waals surface area (Å²) in [5, 5.41) is 7.36. The molecule has 1 fully saturated rings. The van der Waals surface area contributed by atoms with Gasteiger partial charge in [0.1, 0.15) is 11.6 Å². The number of hydrogen-bond acceptors (Lipinski definition) is 8. The van der Waals surface area contributed by atoms with Gasteiger partial charge in [-0.1, -0.05) is 0 Å². The Morgan fingerprint density at radius 2 is 2.09 bits per heavy atom. The van der Waals surface area contributed by atoms with E-state index in [-0.39, 0.29) is 18.2 Å². The lowest BCUT2D eigenvalue weighted by atomic mass is 10.0. The molecule has 8 nitrogen and oxygen atoms in total. The first-order valence-electron chi connectivity index (χ1n) is 11.0. The van der Waals surface area contributed by atoms with Crippen LogP contribution in [-0.4, -0.2) is 54.3 Å². The number of carbonyl (C=O) groups is 1. The number of anilines is 1. The molecular formula is C24H26N4O4S. The van der Waals surface area contributed by atoms with Crippen LogP contribution in [0.5, 0.6) is 5.75 Å². The fourth-order valence-corrected chi connectivity index (χ4v) is 4.74. The van der Waals surface area contributed by atoms with Crippen molar-refractivity contribution in [3.8, 4) is 5.75 Å². The molecule has 5 rings (SSSR count). The smallest absolute Gasteiger partial charge is 0.235 e. The quantitative estimate of drug-likeness (QED) is 0.549. The van der Waals surface area contributed by atoms with Crippen molar-refractivity contribution in [1.29, 1.82) is 0 Å². The minimum absolute atomic E-state index is 0.0101. The molecule has 2 aromatic heterocycles. The topological polar surface area (TPSA) is 94.6 Å². The van der Waals surface area contributed by atoms with E-state index in [1.54, 1.807) is 7.11 Å². The SMILES string of the molecule is COc1ccc2nccc(CCC3OCC(NCc4ccc5c(n4)NC(=O)CS5)CO3)c2c1. The van der Waals surface area contributed by atoms with Gasteiger partial charge < -0.3 is 24.8 Å².